The molecule has 0 aliphatic carbocycles. The number of rotatable bonds is 2. The van der Waals surface area contributed by atoms with Crippen molar-refractivity contribution < 1.29 is 9.53 Å². The van der Waals surface area contributed by atoms with Gasteiger partial charge in [0.05, 0.1) is 0 Å². The molecule has 0 bridgehead atoms. The van der Waals surface area contributed by atoms with Crippen molar-refractivity contribution in [1.82, 2.24) is 5.32 Å². The molecule has 0 atom stereocenters. The minimum atomic E-state index is -0.0421. The van der Waals surface area contributed by atoms with Crippen molar-refractivity contribution in [2.45, 2.75) is 39.2 Å². The molecule has 0 spiro atoms. The van der Waals surface area contributed by atoms with Gasteiger partial charge >= 0.3 is 0 Å². The summed E-state index contributed by atoms with van der Waals surface area (Å²) in [7, 11) is 0. The number of amides is 1. The Morgan fingerprint density at radius 2 is 1.92 bits per heavy atom. The molecule has 1 saturated heterocycles. The minimum Gasteiger partial charge on any atom is -0.381 e. The summed E-state index contributed by atoms with van der Waals surface area (Å²) >= 11 is 0. The first-order valence-electron chi connectivity index (χ1n) is 4.93. The highest BCUT2D eigenvalue weighted by atomic mass is 16.5. The highest BCUT2D eigenvalue weighted by molar-refractivity contribution is 5.78. The molecule has 1 fully saturated rings. The lowest BCUT2D eigenvalue weighted by Crippen LogP contribution is -2.50. The average molecular weight is 185 g/mol. The first kappa shape index (κ1) is 10.5. The fourth-order valence-corrected chi connectivity index (χ4v) is 1.39. The Morgan fingerprint density at radius 1 is 1.38 bits per heavy atom. The molecule has 1 rings (SSSR count). The molecule has 0 aromatic carbocycles. The van der Waals surface area contributed by atoms with Crippen molar-refractivity contribution in [2.24, 2.45) is 5.92 Å². The Hall–Kier alpha value is -0.570. The van der Waals surface area contributed by atoms with E-state index in [1.807, 2.05) is 13.8 Å². The van der Waals surface area contributed by atoms with Crippen LogP contribution in [0.15, 0.2) is 0 Å². The topological polar surface area (TPSA) is 38.3 Å². The summed E-state index contributed by atoms with van der Waals surface area (Å²) in [6.45, 7) is 7.44. The summed E-state index contributed by atoms with van der Waals surface area (Å²) in [6, 6.07) is 0. The fourth-order valence-electron chi connectivity index (χ4n) is 1.39. The number of carbonyl (C=O) groups excluding carboxylic acids is 1. The highest BCUT2D eigenvalue weighted by Gasteiger charge is 2.29. The predicted molar refractivity (Wildman–Crippen MR) is 51.4 cm³/mol. The molecule has 0 saturated carbocycles. The predicted octanol–water partition coefficient (Wildman–Crippen LogP) is 1.33. The fraction of sp³-hybridized carbons (Fsp3) is 0.900. The van der Waals surface area contributed by atoms with Crippen LogP contribution in [0.3, 0.4) is 0 Å². The van der Waals surface area contributed by atoms with Gasteiger partial charge in [-0.05, 0) is 19.8 Å². The number of carbonyl (C=O) groups is 1. The van der Waals surface area contributed by atoms with Crippen molar-refractivity contribution in [3.8, 4) is 0 Å². The van der Waals surface area contributed by atoms with Crippen LogP contribution in [-0.4, -0.2) is 24.7 Å². The molecular weight excluding hydrogens is 166 g/mol. The van der Waals surface area contributed by atoms with Gasteiger partial charge in [0.15, 0.2) is 0 Å². The maximum absolute atomic E-state index is 11.5. The molecule has 1 aliphatic heterocycles. The zero-order valence-corrected chi connectivity index (χ0v) is 8.72. The van der Waals surface area contributed by atoms with Gasteiger partial charge in [-0.25, -0.2) is 0 Å². The van der Waals surface area contributed by atoms with E-state index >= 15 is 0 Å². The third kappa shape index (κ3) is 2.99. The van der Waals surface area contributed by atoms with E-state index in [-0.39, 0.29) is 17.4 Å². The Balaban J connectivity index is 2.45. The molecule has 1 heterocycles. The first-order chi connectivity index (χ1) is 6.03. The summed E-state index contributed by atoms with van der Waals surface area (Å²) in [5.41, 5.74) is -0.0421. The number of hydrogen-bond donors (Lipinski definition) is 1. The van der Waals surface area contributed by atoms with E-state index in [1.165, 1.54) is 0 Å². The SMILES string of the molecule is CC(C)C(=O)NC1(C)CCOCC1. The van der Waals surface area contributed by atoms with Gasteiger partial charge in [-0.2, -0.15) is 0 Å². The number of nitrogens with one attached hydrogen (secondary N) is 1. The van der Waals surface area contributed by atoms with Gasteiger partial charge < -0.3 is 10.1 Å². The van der Waals surface area contributed by atoms with Gasteiger partial charge in [0.2, 0.25) is 5.91 Å². The zero-order valence-electron chi connectivity index (χ0n) is 8.72. The van der Waals surface area contributed by atoms with Crippen LogP contribution in [0.25, 0.3) is 0 Å². The van der Waals surface area contributed by atoms with E-state index < -0.39 is 0 Å². The lowest BCUT2D eigenvalue weighted by molar-refractivity contribution is -0.126. The Morgan fingerprint density at radius 3 is 2.38 bits per heavy atom. The molecule has 76 valence electrons. The maximum Gasteiger partial charge on any atom is 0.222 e. The molecule has 0 unspecified atom stereocenters. The van der Waals surface area contributed by atoms with Crippen LogP contribution < -0.4 is 5.32 Å². The minimum absolute atomic E-state index is 0.0421. The van der Waals surface area contributed by atoms with Gasteiger partial charge in [0.25, 0.3) is 0 Å². The third-order valence-electron chi connectivity index (χ3n) is 2.55. The molecule has 0 aromatic rings. The second-order valence-corrected chi connectivity index (χ2v) is 4.32. The standard InChI is InChI=1S/C10H19NO2/c1-8(2)9(12)11-10(3)4-6-13-7-5-10/h8H,4-7H2,1-3H3,(H,11,12). The van der Waals surface area contributed by atoms with Crippen LogP contribution in [0.4, 0.5) is 0 Å². The quantitative estimate of drug-likeness (QED) is 0.704. The Kier molecular flexibility index (Phi) is 3.31. The third-order valence-corrected chi connectivity index (χ3v) is 2.55. The van der Waals surface area contributed by atoms with Gasteiger partial charge in [0.1, 0.15) is 0 Å². The van der Waals surface area contributed by atoms with Gasteiger partial charge in [0, 0.05) is 24.7 Å². The van der Waals surface area contributed by atoms with Crippen molar-refractivity contribution in [3.63, 3.8) is 0 Å². The van der Waals surface area contributed by atoms with E-state index in [0.29, 0.717) is 0 Å². The van der Waals surface area contributed by atoms with Gasteiger partial charge in [-0.15, -0.1) is 0 Å². The first-order valence-corrected chi connectivity index (χ1v) is 4.93. The van der Waals surface area contributed by atoms with Gasteiger partial charge in [-0.1, -0.05) is 13.8 Å². The smallest absolute Gasteiger partial charge is 0.222 e. The van der Waals surface area contributed by atoms with E-state index in [9.17, 15) is 4.79 Å². The van der Waals surface area contributed by atoms with Crippen LogP contribution >= 0.6 is 0 Å². The number of ether oxygens (including phenoxy) is 1. The second kappa shape index (κ2) is 4.09. The molecule has 13 heavy (non-hydrogen) atoms. The highest BCUT2D eigenvalue weighted by Crippen LogP contribution is 2.19. The monoisotopic (exact) mass is 185 g/mol. The molecule has 3 heteroatoms. The summed E-state index contributed by atoms with van der Waals surface area (Å²) in [5, 5.41) is 3.08. The zero-order chi connectivity index (χ0) is 9.90. The Labute approximate surface area is 79.8 Å². The lowest BCUT2D eigenvalue weighted by atomic mass is 9.92. The molecule has 1 N–H and O–H groups in total. The van der Waals surface area contributed by atoms with Crippen LogP contribution in [0.2, 0.25) is 0 Å². The van der Waals surface area contributed by atoms with Crippen molar-refractivity contribution in [2.75, 3.05) is 13.2 Å². The van der Waals surface area contributed by atoms with E-state index in [0.717, 1.165) is 26.1 Å². The largest absolute Gasteiger partial charge is 0.381 e. The summed E-state index contributed by atoms with van der Waals surface area (Å²) in [5.74, 6) is 0.212. The summed E-state index contributed by atoms with van der Waals surface area (Å²) in [4.78, 5) is 11.5. The van der Waals surface area contributed by atoms with Crippen molar-refractivity contribution in [3.05, 3.63) is 0 Å². The molecule has 0 aromatic heterocycles. The van der Waals surface area contributed by atoms with Crippen molar-refractivity contribution >= 4 is 5.91 Å². The van der Waals surface area contributed by atoms with Gasteiger partial charge in [-0.3, -0.25) is 4.79 Å². The molecular formula is C10H19NO2. The van der Waals surface area contributed by atoms with E-state index in [2.05, 4.69) is 12.2 Å². The molecule has 1 amide bonds. The van der Waals surface area contributed by atoms with Crippen LogP contribution in [0.1, 0.15) is 33.6 Å². The van der Waals surface area contributed by atoms with Crippen LogP contribution in [-0.2, 0) is 9.53 Å². The Bertz CT molecular complexity index is 183. The van der Waals surface area contributed by atoms with Crippen molar-refractivity contribution in [1.29, 1.82) is 0 Å². The molecule has 0 radical (unpaired) electrons. The normalized spacial score (nSPS) is 21.5. The second-order valence-electron chi connectivity index (χ2n) is 4.32. The summed E-state index contributed by atoms with van der Waals surface area (Å²) in [6.07, 6.45) is 1.84. The average Bonchev–Trinajstić information content (AvgIpc) is 2.04. The van der Waals surface area contributed by atoms with E-state index in [4.69, 9.17) is 4.74 Å². The lowest BCUT2D eigenvalue weighted by Gasteiger charge is -2.35. The van der Waals surface area contributed by atoms with Crippen LogP contribution in [0.5, 0.6) is 0 Å². The number of hydrogen-bond acceptors (Lipinski definition) is 2. The maximum atomic E-state index is 11.5. The van der Waals surface area contributed by atoms with Crippen LogP contribution in [0, 0.1) is 5.92 Å². The summed E-state index contributed by atoms with van der Waals surface area (Å²) < 4.78 is 5.26. The molecule has 3 nitrogen and oxygen atoms in total. The van der Waals surface area contributed by atoms with E-state index in [1.54, 1.807) is 0 Å². The molecule has 1 aliphatic rings.